The van der Waals surface area contributed by atoms with Crippen molar-refractivity contribution in [2.24, 2.45) is 0 Å². The van der Waals surface area contributed by atoms with E-state index in [2.05, 4.69) is 4.98 Å². The number of cyclic esters (lactones) is 1. The molecule has 7 heteroatoms. The van der Waals surface area contributed by atoms with Crippen LogP contribution in [0.2, 0.25) is 0 Å². The molecule has 0 atom stereocenters. The van der Waals surface area contributed by atoms with Gasteiger partial charge in [-0.25, -0.2) is 18.0 Å². The number of benzene rings is 2. The Bertz CT molecular complexity index is 1040. The lowest BCUT2D eigenvalue weighted by Gasteiger charge is -2.28. The average Bonchev–Trinajstić information content (AvgIpc) is 2.70. The van der Waals surface area contributed by atoms with Gasteiger partial charge in [0.25, 0.3) is 6.43 Å². The minimum Gasteiger partial charge on any atom is -0.444 e. The van der Waals surface area contributed by atoms with Crippen LogP contribution in [0.15, 0.2) is 60.9 Å². The Morgan fingerprint density at radius 3 is 2.71 bits per heavy atom. The van der Waals surface area contributed by atoms with Crippen molar-refractivity contribution in [2.75, 3.05) is 4.90 Å². The van der Waals surface area contributed by atoms with Gasteiger partial charge in [-0.05, 0) is 35.4 Å². The van der Waals surface area contributed by atoms with E-state index in [1.165, 1.54) is 17.2 Å². The third-order valence-corrected chi connectivity index (χ3v) is 4.55. The zero-order valence-electron chi connectivity index (χ0n) is 14.6. The highest BCUT2D eigenvalue weighted by atomic mass is 19.3. The lowest BCUT2D eigenvalue weighted by molar-refractivity contribution is 0.141. The predicted molar refractivity (Wildman–Crippen MR) is 97.4 cm³/mol. The summed E-state index contributed by atoms with van der Waals surface area (Å²) in [4.78, 5) is 17.9. The van der Waals surface area contributed by atoms with Crippen molar-refractivity contribution >= 4 is 11.8 Å². The van der Waals surface area contributed by atoms with Crippen LogP contribution in [0, 0.1) is 5.82 Å². The van der Waals surface area contributed by atoms with Crippen molar-refractivity contribution in [3.05, 3.63) is 83.4 Å². The summed E-state index contributed by atoms with van der Waals surface area (Å²) in [6, 6.07) is 12.7. The number of nitrogens with zero attached hydrogens (tertiary/aromatic N) is 2. The maximum absolute atomic E-state index is 13.6. The molecule has 0 bridgehead atoms. The number of ether oxygens (including phenoxy) is 1. The lowest BCUT2D eigenvalue weighted by Crippen LogP contribution is -2.35. The number of pyridine rings is 1. The molecule has 1 amide bonds. The number of carbonyl (C=O) groups is 1. The van der Waals surface area contributed by atoms with Gasteiger partial charge in [-0.15, -0.1) is 0 Å². The minimum absolute atomic E-state index is 0.208. The van der Waals surface area contributed by atoms with Crippen molar-refractivity contribution in [3.63, 3.8) is 0 Å². The number of hydrogen-bond acceptors (Lipinski definition) is 3. The fraction of sp³-hybridized carbons (Fsp3) is 0.143. The molecule has 28 heavy (non-hydrogen) atoms. The Labute approximate surface area is 159 Å². The van der Waals surface area contributed by atoms with Gasteiger partial charge in [0.1, 0.15) is 12.4 Å². The first-order chi connectivity index (χ1) is 13.5. The van der Waals surface area contributed by atoms with E-state index in [0.29, 0.717) is 16.7 Å². The number of halogens is 3. The zero-order chi connectivity index (χ0) is 19.7. The van der Waals surface area contributed by atoms with E-state index in [1.54, 1.807) is 12.3 Å². The number of anilines is 1. The van der Waals surface area contributed by atoms with Gasteiger partial charge >= 0.3 is 6.09 Å². The fourth-order valence-electron chi connectivity index (χ4n) is 3.17. The van der Waals surface area contributed by atoms with E-state index < -0.39 is 23.9 Å². The molecule has 2 heterocycles. The van der Waals surface area contributed by atoms with E-state index in [9.17, 15) is 18.0 Å². The van der Waals surface area contributed by atoms with Crippen LogP contribution in [-0.2, 0) is 17.9 Å². The molecule has 4 rings (SSSR count). The maximum Gasteiger partial charge on any atom is 0.414 e. The summed E-state index contributed by atoms with van der Waals surface area (Å²) >= 11 is 0. The van der Waals surface area contributed by atoms with E-state index in [4.69, 9.17) is 4.74 Å². The molecule has 1 aliphatic heterocycles. The molecule has 3 aromatic rings. The molecular weight excluding hydrogens is 369 g/mol. The molecule has 0 saturated heterocycles. The van der Waals surface area contributed by atoms with Crippen molar-refractivity contribution in [2.45, 2.75) is 19.6 Å². The van der Waals surface area contributed by atoms with Gasteiger partial charge < -0.3 is 4.74 Å². The second kappa shape index (κ2) is 7.34. The van der Waals surface area contributed by atoms with Crippen LogP contribution in [0.4, 0.5) is 23.7 Å². The molecule has 0 radical (unpaired) electrons. The van der Waals surface area contributed by atoms with Gasteiger partial charge in [-0.2, -0.15) is 0 Å². The van der Waals surface area contributed by atoms with Crippen LogP contribution >= 0.6 is 0 Å². The Morgan fingerprint density at radius 1 is 1.07 bits per heavy atom. The number of amides is 1. The van der Waals surface area contributed by atoms with Gasteiger partial charge in [0.05, 0.1) is 17.8 Å². The third-order valence-electron chi connectivity index (χ3n) is 4.55. The summed E-state index contributed by atoms with van der Waals surface area (Å²) in [7, 11) is 0. The summed E-state index contributed by atoms with van der Waals surface area (Å²) in [5.74, 6) is -0.949. The van der Waals surface area contributed by atoms with E-state index in [0.717, 1.165) is 23.4 Å². The second-order valence-electron chi connectivity index (χ2n) is 6.39. The first-order valence-electron chi connectivity index (χ1n) is 8.57. The Kier molecular flexibility index (Phi) is 4.73. The summed E-state index contributed by atoms with van der Waals surface area (Å²) in [6.45, 7) is 0.426. The second-order valence-corrected chi connectivity index (χ2v) is 6.39. The third kappa shape index (κ3) is 3.43. The molecular formula is C21H15F3N2O2. The number of fused-ring (bicyclic) bond motifs is 1. The minimum atomic E-state index is -2.91. The van der Waals surface area contributed by atoms with Crippen LogP contribution in [0.5, 0.6) is 0 Å². The summed E-state index contributed by atoms with van der Waals surface area (Å²) in [5, 5.41) is 0. The first kappa shape index (κ1) is 18.0. The zero-order valence-corrected chi connectivity index (χ0v) is 14.6. The quantitative estimate of drug-likeness (QED) is 0.598. The molecule has 0 unspecified atom stereocenters. The van der Waals surface area contributed by atoms with E-state index in [1.807, 2.05) is 24.3 Å². The van der Waals surface area contributed by atoms with Gasteiger partial charge in [-0.3, -0.25) is 9.88 Å². The molecule has 1 aromatic heterocycles. The molecule has 2 aromatic carbocycles. The lowest BCUT2D eigenvalue weighted by atomic mass is 10.0. The topological polar surface area (TPSA) is 42.4 Å². The van der Waals surface area contributed by atoms with Crippen LogP contribution in [0.3, 0.4) is 0 Å². The van der Waals surface area contributed by atoms with Crippen molar-refractivity contribution in [1.29, 1.82) is 0 Å². The summed E-state index contributed by atoms with van der Waals surface area (Å²) < 4.78 is 44.7. The molecule has 1 aliphatic rings. The Morgan fingerprint density at radius 2 is 1.89 bits per heavy atom. The number of carbonyl (C=O) groups excluding carboxylic acids is 1. The molecule has 0 spiro atoms. The molecule has 0 N–H and O–H groups in total. The van der Waals surface area contributed by atoms with Gasteiger partial charge in [0.15, 0.2) is 0 Å². The fourth-order valence-corrected chi connectivity index (χ4v) is 3.17. The highest BCUT2D eigenvalue weighted by Gasteiger charge is 2.25. The molecule has 0 fully saturated rings. The van der Waals surface area contributed by atoms with Crippen molar-refractivity contribution < 1.29 is 22.7 Å². The molecule has 0 aliphatic carbocycles. The largest absolute Gasteiger partial charge is 0.444 e. The van der Waals surface area contributed by atoms with Gasteiger partial charge in [0, 0.05) is 23.5 Å². The predicted octanol–water partition coefficient (Wildman–Crippen LogP) is 5.48. The van der Waals surface area contributed by atoms with Crippen LogP contribution in [-0.4, -0.2) is 11.1 Å². The molecule has 0 saturated carbocycles. The summed E-state index contributed by atoms with van der Waals surface area (Å²) in [5.41, 5.74) is 2.66. The highest BCUT2D eigenvalue weighted by Crippen LogP contribution is 2.30. The Balaban J connectivity index is 1.65. The first-order valence-corrected chi connectivity index (χ1v) is 8.57. The van der Waals surface area contributed by atoms with Crippen molar-refractivity contribution in [1.82, 2.24) is 4.98 Å². The highest BCUT2D eigenvalue weighted by molar-refractivity contribution is 5.90. The SMILES string of the molecule is O=C1OCc2ccccc2N1Cc1cncc(-c2ccc(F)c(C(F)F)c2)c1. The van der Waals surface area contributed by atoms with E-state index in [-0.39, 0.29) is 13.2 Å². The monoisotopic (exact) mass is 384 g/mol. The molecule has 4 nitrogen and oxygen atoms in total. The molecule has 142 valence electrons. The number of para-hydroxylation sites is 1. The smallest absolute Gasteiger partial charge is 0.414 e. The summed E-state index contributed by atoms with van der Waals surface area (Å²) in [6.07, 6.45) is -0.276. The average molecular weight is 384 g/mol. The van der Waals surface area contributed by atoms with Gasteiger partial charge in [0.2, 0.25) is 0 Å². The van der Waals surface area contributed by atoms with Crippen LogP contribution < -0.4 is 4.90 Å². The standard InChI is InChI=1S/C21H15F3N2O2/c22-18-6-5-14(8-17(18)20(23)24)16-7-13(9-25-10-16)11-26-19-4-2-1-3-15(19)12-28-21(26)27/h1-10,20H,11-12H2. The number of alkyl halides is 2. The van der Waals surface area contributed by atoms with Crippen molar-refractivity contribution in [3.8, 4) is 11.1 Å². The number of hydrogen-bond donors (Lipinski definition) is 0. The normalized spacial score (nSPS) is 13.4. The van der Waals surface area contributed by atoms with Crippen LogP contribution in [0.25, 0.3) is 11.1 Å². The van der Waals surface area contributed by atoms with E-state index >= 15 is 0 Å². The Hall–Kier alpha value is -3.35. The maximum atomic E-state index is 13.6. The van der Waals surface area contributed by atoms with Crippen LogP contribution in [0.1, 0.15) is 23.1 Å². The number of aromatic nitrogens is 1. The number of rotatable bonds is 4. The van der Waals surface area contributed by atoms with Gasteiger partial charge in [-0.1, -0.05) is 24.3 Å².